The Bertz CT molecular complexity index is 543. The lowest BCUT2D eigenvalue weighted by Gasteiger charge is -2.23. The highest BCUT2D eigenvalue weighted by atomic mass is 32.2. The van der Waals surface area contributed by atoms with E-state index in [1.54, 1.807) is 0 Å². The first-order chi connectivity index (χ1) is 10.6. The molecule has 0 aromatic carbocycles. The summed E-state index contributed by atoms with van der Waals surface area (Å²) in [6.07, 6.45) is 1.60. The number of amides is 1. The van der Waals surface area contributed by atoms with Crippen molar-refractivity contribution in [2.45, 2.75) is 65.3 Å². The van der Waals surface area contributed by atoms with Gasteiger partial charge in [-0.3, -0.25) is 0 Å². The molecule has 130 valence electrons. The van der Waals surface area contributed by atoms with Gasteiger partial charge in [0.25, 0.3) is 5.22 Å². The fourth-order valence-electron chi connectivity index (χ4n) is 1.63. The largest absolute Gasteiger partial charge is 0.444 e. The standard InChI is InChI=1S/C16H27N3O3S/c1-10(2)8-9-23-15-19-18-13(21-15)12(11(3)4)17-14(20)22-16(5,6)7/h8,11-12H,9H2,1-7H3,(H,17,20)/t12-/m1/s1. The van der Waals surface area contributed by atoms with Crippen molar-refractivity contribution in [3.8, 4) is 0 Å². The van der Waals surface area contributed by atoms with Crippen LogP contribution < -0.4 is 5.32 Å². The summed E-state index contributed by atoms with van der Waals surface area (Å²) in [6.45, 7) is 13.5. The van der Waals surface area contributed by atoms with Gasteiger partial charge in [-0.1, -0.05) is 37.3 Å². The molecule has 0 aliphatic heterocycles. The van der Waals surface area contributed by atoms with Gasteiger partial charge in [0.1, 0.15) is 11.6 Å². The number of rotatable bonds is 6. The van der Waals surface area contributed by atoms with Crippen molar-refractivity contribution >= 4 is 17.9 Å². The normalized spacial score (nSPS) is 12.9. The van der Waals surface area contributed by atoms with Crippen LogP contribution in [0.3, 0.4) is 0 Å². The van der Waals surface area contributed by atoms with Crippen molar-refractivity contribution in [3.05, 3.63) is 17.5 Å². The van der Waals surface area contributed by atoms with Crippen molar-refractivity contribution in [2.24, 2.45) is 5.92 Å². The smallest absolute Gasteiger partial charge is 0.408 e. The highest BCUT2D eigenvalue weighted by Crippen LogP contribution is 2.25. The molecule has 0 saturated heterocycles. The molecule has 0 fully saturated rings. The molecule has 1 amide bonds. The van der Waals surface area contributed by atoms with Gasteiger partial charge in [0.15, 0.2) is 0 Å². The Morgan fingerprint density at radius 1 is 1.35 bits per heavy atom. The lowest BCUT2D eigenvalue weighted by molar-refractivity contribution is 0.0477. The molecule has 7 heteroatoms. The molecular formula is C16H27N3O3S. The molecule has 0 bridgehead atoms. The Balaban J connectivity index is 2.73. The number of thioether (sulfide) groups is 1. The number of ether oxygens (including phenoxy) is 1. The number of nitrogens with zero attached hydrogens (tertiary/aromatic N) is 2. The summed E-state index contributed by atoms with van der Waals surface area (Å²) in [5.41, 5.74) is 0.690. The molecule has 0 spiro atoms. The zero-order valence-electron chi connectivity index (χ0n) is 15.0. The third-order valence-electron chi connectivity index (χ3n) is 2.73. The molecule has 1 heterocycles. The molecule has 0 unspecified atom stereocenters. The average Bonchev–Trinajstić information content (AvgIpc) is 2.81. The number of allylic oxidation sites excluding steroid dienone is 1. The quantitative estimate of drug-likeness (QED) is 0.612. The number of aromatic nitrogens is 2. The second-order valence-electron chi connectivity index (χ2n) is 6.87. The second-order valence-corrected chi connectivity index (χ2v) is 7.84. The first kappa shape index (κ1) is 19.5. The third kappa shape index (κ3) is 7.54. The van der Waals surface area contributed by atoms with Crippen molar-refractivity contribution in [1.82, 2.24) is 15.5 Å². The van der Waals surface area contributed by atoms with E-state index in [4.69, 9.17) is 9.15 Å². The molecule has 0 radical (unpaired) electrons. The maximum atomic E-state index is 12.0. The van der Waals surface area contributed by atoms with Gasteiger partial charge in [0.05, 0.1) is 0 Å². The van der Waals surface area contributed by atoms with Gasteiger partial charge in [-0.05, 0) is 40.5 Å². The Labute approximate surface area is 142 Å². The van der Waals surface area contributed by atoms with Gasteiger partial charge in [-0.25, -0.2) is 4.79 Å². The molecular weight excluding hydrogens is 314 g/mol. The number of hydrogen-bond donors (Lipinski definition) is 1. The summed E-state index contributed by atoms with van der Waals surface area (Å²) < 4.78 is 10.9. The van der Waals surface area contributed by atoms with E-state index in [1.165, 1.54) is 17.3 Å². The van der Waals surface area contributed by atoms with E-state index in [9.17, 15) is 4.79 Å². The molecule has 1 aromatic heterocycles. The molecule has 0 saturated carbocycles. The Hall–Kier alpha value is -1.50. The monoisotopic (exact) mass is 341 g/mol. The number of nitrogens with one attached hydrogen (secondary N) is 1. The topological polar surface area (TPSA) is 77.2 Å². The van der Waals surface area contributed by atoms with Crippen LogP contribution in [0.4, 0.5) is 4.79 Å². The van der Waals surface area contributed by atoms with Crippen molar-refractivity contribution in [2.75, 3.05) is 5.75 Å². The van der Waals surface area contributed by atoms with Crippen LogP contribution in [0.2, 0.25) is 0 Å². The number of carbonyl (C=O) groups is 1. The first-order valence-corrected chi connectivity index (χ1v) is 8.66. The minimum atomic E-state index is -0.550. The summed E-state index contributed by atoms with van der Waals surface area (Å²) in [6, 6.07) is -0.379. The van der Waals surface area contributed by atoms with E-state index in [0.29, 0.717) is 11.1 Å². The fraction of sp³-hybridized carbons (Fsp3) is 0.688. The minimum Gasteiger partial charge on any atom is -0.444 e. The Morgan fingerprint density at radius 3 is 2.52 bits per heavy atom. The molecule has 23 heavy (non-hydrogen) atoms. The van der Waals surface area contributed by atoms with E-state index in [-0.39, 0.29) is 12.0 Å². The zero-order chi connectivity index (χ0) is 17.6. The summed E-state index contributed by atoms with van der Waals surface area (Å²) in [7, 11) is 0. The van der Waals surface area contributed by atoms with Gasteiger partial charge < -0.3 is 14.5 Å². The lowest BCUT2D eigenvalue weighted by atomic mass is 10.1. The second kappa shape index (κ2) is 8.38. The van der Waals surface area contributed by atoms with Crippen LogP contribution in [0, 0.1) is 5.92 Å². The predicted molar refractivity (Wildman–Crippen MR) is 91.4 cm³/mol. The maximum absolute atomic E-state index is 12.0. The summed E-state index contributed by atoms with van der Waals surface area (Å²) in [5.74, 6) is 1.26. The van der Waals surface area contributed by atoms with Gasteiger partial charge in [-0.15, -0.1) is 10.2 Å². The lowest BCUT2D eigenvalue weighted by Crippen LogP contribution is -2.37. The van der Waals surface area contributed by atoms with E-state index in [1.807, 2.05) is 48.5 Å². The molecule has 1 N–H and O–H groups in total. The van der Waals surface area contributed by atoms with Crippen LogP contribution in [0.15, 0.2) is 21.3 Å². The average molecular weight is 341 g/mol. The zero-order valence-corrected chi connectivity index (χ0v) is 15.8. The summed E-state index contributed by atoms with van der Waals surface area (Å²) in [5, 5.41) is 11.4. The van der Waals surface area contributed by atoms with Crippen LogP contribution in [0.5, 0.6) is 0 Å². The molecule has 1 rings (SSSR count). The highest BCUT2D eigenvalue weighted by molar-refractivity contribution is 7.99. The molecule has 0 aliphatic rings. The van der Waals surface area contributed by atoms with Crippen molar-refractivity contribution in [1.29, 1.82) is 0 Å². The van der Waals surface area contributed by atoms with Crippen LogP contribution >= 0.6 is 11.8 Å². The van der Waals surface area contributed by atoms with Gasteiger partial charge >= 0.3 is 6.09 Å². The van der Waals surface area contributed by atoms with Gasteiger partial charge in [-0.2, -0.15) is 0 Å². The van der Waals surface area contributed by atoms with Crippen LogP contribution in [0.1, 0.15) is 60.4 Å². The van der Waals surface area contributed by atoms with Crippen molar-refractivity contribution < 1.29 is 13.9 Å². The Kier molecular flexibility index (Phi) is 7.12. The van der Waals surface area contributed by atoms with E-state index >= 15 is 0 Å². The SMILES string of the molecule is CC(C)=CCSc1nnc([C@H](NC(=O)OC(C)(C)C)C(C)C)o1. The minimum absolute atomic E-state index is 0.0959. The molecule has 0 aliphatic carbocycles. The van der Waals surface area contributed by atoms with E-state index < -0.39 is 11.7 Å². The van der Waals surface area contributed by atoms with E-state index in [2.05, 4.69) is 21.6 Å². The summed E-state index contributed by atoms with van der Waals surface area (Å²) >= 11 is 1.47. The molecule has 6 nitrogen and oxygen atoms in total. The maximum Gasteiger partial charge on any atom is 0.408 e. The first-order valence-electron chi connectivity index (χ1n) is 7.67. The van der Waals surface area contributed by atoms with Crippen molar-refractivity contribution in [3.63, 3.8) is 0 Å². The van der Waals surface area contributed by atoms with Gasteiger partial charge in [0, 0.05) is 5.75 Å². The number of carbonyl (C=O) groups excluding carboxylic acids is 1. The van der Waals surface area contributed by atoms with Gasteiger partial charge in [0.2, 0.25) is 5.89 Å². The molecule has 1 aromatic rings. The number of alkyl carbamates (subject to hydrolysis) is 1. The van der Waals surface area contributed by atoms with Crippen LogP contribution in [-0.2, 0) is 4.74 Å². The molecule has 1 atom stereocenters. The summed E-state index contributed by atoms with van der Waals surface area (Å²) in [4.78, 5) is 12.0. The van der Waals surface area contributed by atoms with Crippen LogP contribution in [0.25, 0.3) is 0 Å². The van der Waals surface area contributed by atoms with Crippen LogP contribution in [-0.4, -0.2) is 27.6 Å². The van der Waals surface area contributed by atoms with E-state index in [0.717, 1.165) is 5.75 Å². The number of hydrogen-bond acceptors (Lipinski definition) is 6. The third-order valence-corrected chi connectivity index (χ3v) is 3.47. The fourth-order valence-corrected chi connectivity index (χ4v) is 2.43. The Morgan fingerprint density at radius 2 is 2.00 bits per heavy atom. The predicted octanol–water partition coefficient (Wildman–Crippen LogP) is 4.35. The highest BCUT2D eigenvalue weighted by Gasteiger charge is 2.26.